The van der Waals surface area contributed by atoms with Gasteiger partial charge in [0, 0.05) is 24.4 Å². The van der Waals surface area contributed by atoms with Gasteiger partial charge >= 0.3 is 0 Å². The highest BCUT2D eigenvalue weighted by Crippen LogP contribution is 2.19. The molecule has 0 radical (unpaired) electrons. The molecule has 23 heavy (non-hydrogen) atoms. The molecule has 2 N–H and O–H groups in total. The minimum absolute atomic E-state index is 0.0589. The maximum absolute atomic E-state index is 12.1. The van der Waals surface area contributed by atoms with Gasteiger partial charge in [0.1, 0.15) is 0 Å². The van der Waals surface area contributed by atoms with Crippen LogP contribution in [0.25, 0.3) is 11.1 Å². The zero-order valence-corrected chi connectivity index (χ0v) is 13.2. The third-order valence-corrected chi connectivity index (χ3v) is 3.57. The third kappa shape index (κ3) is 5.04. The van der Waals surface area contributed by atoms with Gasteiger partial charge in [-0.15, -0.1) is 0 Å². The Morgan fingerprint density at radius 1 is 0.957 bits per heavy atom. The summed E-state index contributed by atoms with van der Waals surface area (Å²) in [7, 11) is 0. The fraction of sp³-hybridized carbons (Fsp3) is 0.263. The van der Waals surface area contributed by atoms with Crippen LogP contribution in [-0.4, -0.2) is 29.4 Å². The first-order valence-electron chi connectivity index (χ1n) is 7.69. The molecule has 0 saturated heterocycles. The first kappa shape index (κ1) is 16.9. The number of carbonyl (C=O) groups excluding carboxylic acids is 2. The summed E-state index contributed by atoms with van der Waals surface area (Å²) in [6, 6.07) is 17.1. The molecule has 0 heterocycles. The molecule has 0 saturated carbocycles. The summed E-state index contributed by atoms with van der Waals surface area (Å²) in [6.45, 7) is 1.60. The topological polar surface area (TPSA) is 66.4 Å². The number of nitrogens with one attached hydrogen (secondary N) is 1. The molecule has 0 spiro atoms. The largest absolute Gasteiger partial charge is 0.394 e. The standard InChI is InChI=1S/C19H21NO3/c1-14(13-21)20-19(23)12-11-18(22)17-9-7-16(8-10-17)15-5-3-2-4-6-15/h2-10,14,21H,11-13H2,1H3,(H,20,23). The molecular weight excluding hydrogens is 290 g/mol. The maximum atomic E-state index is 12.1. The Balaban J connectivity index is 1.92. The van der Waals surface area contributed by atoms with Gasteiger partial charge in [-0.3, -0.25) is 9.59 Å². The second-order valence-electron chi connectivity index (χ2n) is 5.52. The number of ketones is 1. The van der Waals surface area contributed by atoms with Crippen molar-refractivity contribution in [3.8, 4) is 11.1 Å². The van der Waals surface area contributed by atoms with Crippen molar-refractivity contribution < 1.29 is 14.7 Å². The summed E-state index contributed by atoms with van der Waals surface area (Å²) < 4.78 is 0. The number of hydrogen-bond donors (Lipinski definition) is 2. The monoisotopic (exact) mass is 311 g/mol. The average molecular weight is 311 g/mol. The zero-order chi connectivity index (χ0) is 16.7. The van der Waals surface area contributed by atoms with Crippen molar-refractivity contribution in [2.24, 2.45) is 0 Å². The molecule has 1 amide bonds. The van der Waals surface area contributed by atoms with Gasteiger partial charge in [0.2, 0.25) is 5.91 Å². The van der Waals surface area contributed by atoms with E-state index in [4.69, 9.17) is 5.11 Å². The molecule has 1 unspecified atom stereocenters. The lowest BCUT2D eigenvalue weighted by molar-refractivity contribution is -0.121. The van der Waals surface area contributed by atoms with Crippen LogP contribution in [0.15, 0.2) is 54.6 Å². The third-order valence-electron chi connectivity index (χ3n) is 3.57. The van der Waals surface area contributed by atoms with Crippen LogP contribution in [0, 0.1) is 0 Å². The summed E-state index contributed by atoms with van der Waals surface area (Å²) in [6.07, 6.45) is 0.290. The lowest BCUT2D eigenvalue weighted by Crippen LogP contribution is -2.35. The predicted octanol–water partition coefficient (Wildman–Crippen LogP) is 2.81. The number of amides is 1. The molecular formula is C19H21NO3. The molecule has 1 atom stereocenters. The van der Waals surface area contributed by atoms with Crippen molar-refractivity contribution in [1.82, 2.24) is 5.32 Å². The SMILES string of the molecule is CC(CO)NC(=O)CCC(=O)c1ccc(-c2ccccc2)cc1. The van der Waals surface area contributed by atoms with E-state index in [1.54, 1.807) is 19.1 Å². The van der Waals surface area contributed by atoms with Gasteiger partial charge in [-0.25, -0.2) is 0 Å². The molecule has 4 heteroatoms. The van der Waals surface area contributed by atoms with Crippen molar-refractivity contribution in [2.75, 3.05) is 6.61 Å². The second kappa shape index (κ2) is 8.25. The van der Waals surface area contributed by atoms with E-state index in [2.05, 4.69) is 5.32 Å². The smallest absolute Gasteiger partial charge is 0.220 e. The zero-order valence-electron chi connectivity index (χ0n) is 13.2. The van der Waals surface area contributed by atoms with Crippen molar-refractivity contribution in [1.29, 1.82) is 0 Å². The molecule has 0 bridgehead atoms. The van der Waals surface area contributed by atoms with E-state index in [1.807, 2.05) is 42.5 Å². The predicted molar refractivity (Wildman–Crippen MR) is 90.1 cm³/mol. The molecule has 0 aliphatic carbocycles. The summed E-state index contributed by atoms with van der Waals surface area (Å²) in [5, 5.41) is 11.5. The Kier molecular flexibility index (Phi) is 6.06. The highest BCUT2D eigenvalue weighted by Gasteiger charge is 2.11. The highest BCUT2D eigenvalue weighted by molar-refractivity contribution is 5.98. The van der Waals surface area contributed by atoms with Crippen molar-refractivity contribution in [2.45, 2.75) is 25.8 Å². The van der Waals surface area contributed by atoms with Gasteiger partial charge in [0.15, 0.2) is 5.78 Å². The Hall–Kier alpha value is -2.46. The van der Waals surface area contributed by atoms with Crippen molar-refractivity contribution in [3.63, 3.8) is 0 Å². The van der Waals surface area contributed by atoms with Crippen LogP contribution in [0.2, 0.25) is 0 Å². The molecule has 0 fully saturated rings. The summed E-state index contributed by atoms with van der Waals surface area (Å²) in [4.78, 5) is 23.7. The number of aliphatic hydroxyl groups excluding tert-OH is 1. The Morgan fingerprint density at radius 3 is 2.17 bits per heavy atom. The molecule has 2 aromatic rings. The van der Waals surface area contributed by atoms with Crippen LogP contribution < -0.4 is 5.32 Å². The molecule has 0 aliphatic rings. The van der Waals surface area contributed by atoms with E-state index >= 15 is 0 Å². The Bertz CT molecular complexity index is 650. The molecule has 2 rings (SSSR count). The lowest BCUT2D eigenvalue weighted by atomic mass is 10.0. The highest BCUT2D eigenvalue weighted by atomic mass is 16.3. The average Bonchev–Trinajstić information content (AvgIpc) is 2.60. The van der Waals surface area contributed by atoms with Gasteiger partial charge in [-0.1, -0.05) is 54.6 Å². The normalized spacial score (nSPS) is 11.7. The number of carbonyl (C=O) groups is 2. The lowest BCUT2D eigenvalue weighted by Gasteiger charge is -2.10. The van der Waals surface area contributed by atoms with Crippen LogP contribution >= 0.6 is 0 Å². The second-order valence-corrected chi connectivity index (χ2v) is 5.52. The maximum Gasteiger partial charge on any atom is 0.220 e. The van der Waals surface area contributed by atoms with Crippen LogP contribution in [-0.2, 0) is 4.79 Å². The number of hydrogen-bond acceptors (Lipinski definition) is 3. The molecule has 4 nitrogen and oxygen atoms in total. The van der Waals surface area contributed by atoms with Crippen LogP contribution in [0.3, 0.4) is 0 Å². The van der Waals surface area contributed by atoms with Crippen molar-refractivity contribution >= 4 is 11.7 Å². The molecule has 120 valence electrons. The minimum Gasteiger partial charge on any atom is -0.394 e. The number of rotatable bonds is 7. The van der Waals surface area contributed by atoms with Crippen LogP contribution in [0.5, 0.6) is 0 Å². The first-order chi connectivity index (χ1) is 11.1. The van der Waals surface area contributed by atoms with E-state index in [0.717, 1.165) is 11.1 Å². The van der Waals surface area contributed by atoms with Gasteiger partial charge in [-0.05, 0) is 18.1 Å². The summed E-state index contributed by atoms with van der Waals surface area (Å²) in [5.41, 5.74) is 2.76. The molecule has 2 aromatic carbocycles. The van der Waals surface area contributed by atoms with Crippen LogP contribution in [0.1, 0.15) is 30.1 Å². The van der Waals surface area contributed by atoms with E-state index in [9.17, 15) is 9.59 Å². The van der Waals surface area contributed by atoms with E-state index in [1.165, 1.54) is 0 Å². The van der Waals surface area contributed by atoms with Gasteiger partial charge in [0.25, 0.3) is 0 Å². The molecule has 0 aromatic heterocycles. The van der Waals surface area contributed by atoms with Gasteiger partial charge in [0.05, 0.1) is 6.61 Å². The Morgan fingerprint density at radius 2 is 1.57 bits per heavy atom. The fourth-order valence-electron chi connectivity index (χ4n) is 2.24. The first-order valence-corrected chi connectivity index (χ1v) is 7.69. The minimum atomic E-state index is -0.289. The number of aliphatic hydroxyl groups is 1. The number of Topliss-reactive ketones (excluding diaryl/α,β-unsaturated/α-hetero) is 1. The summed E-state index contributed by atoms with van der Waals surface area (Å²) >= 11 is 0. The quantitative estimate of drug-likeness (QED) is 0.773. The molecule has 0 aliphatic heterocycles. The fourth-order valence-corrected chi connectivity index (χ4v) is 2.24. The van der Waals surface area contributed by atoms with Gasteiger partial charge < -0.3 is 10.4 Å². The van der Waals surface area contributed by atoms with Gasteiger partial charge in [-0.2, -0.15) is 0 Å². The van der Waals surface area contributed by atoms with E-state index in [0.29, 0.717) is 5.56 Å². The number of benzene rings is 2. The Labute approximate surface area is 136 Å². The summed E-state index contributed by atoms with van der Waals surface area (Å²) in [5.74, 6) is -0.280. The van der Waals surface area contributed by atoms with Crippen molar-refractivity contribution in [3.05, 3.63) is 60.2 Å². The van der Waals surface area contributed by atoms with Crippen LogP contribution in [0.4, 0.5) is 0 Å². The van der Waals surface area contributed by atoms with E-state index < -0.39 is 0 Å². The van der Waals surface area contributed by atoms with E-state index in [-0.39, 0.29) is 37.2 Å².